The van der Waals surface area contributed by atoms with Crippen LogP contribution < -0.4 is 0 Å². The molecule has 0 heterocycles. The number of rotatable bonds is 6. The maximum atomic E-state index is 11.3. The Labute approximate surface area is 134 Å². The maximum absolute atomic E-state index is 11.3. The molecule has 1 aromatic rings. The van der Waals surface area contributed by atoms with Crippen molar-refractivity contribution in [1.82, 2.24) is 0 Å². The molecular formula is C18H25O3Si+. The van der Waals surface area contributed by atoms with Crippen molar-refractivity contribution in [1.29, 1.82) is 0 Å². The van der Waals surface area contributed by atoms with E-state index in [1.807, 2.05) is 36.4 Å². The van der Waals surface area contributed by atoms with E-state index < -0.39 is 14.3 Å². The third-order valence-electron chi connectivity index (χ3n) is 3.97. The number of aliphatic carboxylic acids is 1. The first-order valence-electron chi connectivity index (χ1n) is 7.35. The van der Waals surface area contributed by atoms with E-state index in [1.54, 1.807) is 6.08 Å². The molecule has 0 spiro atoms. The zero-order chi connectivity index (χ0) is 16.8. The van der Waals surface area contributed by atoms with E-state index in [4.69, 9.17) is 4.43 Å². The summed E-state index contributed by atoms with van der Waals surface area (Å²) < 4.78 is 5.94. The Morgan fingerprint density at radius 3 is 2.36 bits per heavy atom. The molecule has 0 bridgehead atoms. The highest BCUT2D eigenvalue weighted by atomic mass is 28.4. The standard InChI is InChI=1S/C18H24O3Si/c1-18(2,3)22(4,5)21-14-16(17(19)20)13-9-12-15-10-7-6-8-11-15/h6-12H,14H2,1-5H3/p+1/b12-9+. The summed E-state index contributed by atoms with van der Waals surface area (Å²) in [6, 6.07) is 9.70. The summed E-state index contributed by atoms with van der Waals surface area (Å²) >= 11 is 0. The number of hydrogen-bond acceptors (Lipinski definition) is 2. The van der Waals surface area contributed by atoms with E-state index in [9.17, 15) is 9.90 Å². The molecule has 0 amide bonds. The van der Waals surface area contributed by atoms with Gasteiger partial charge in [0.05, 0.1) is 6.08 Å². The highest BCUT2D eigenvalue weighted by Crippen LogP contribution is 2.36. The largest absolute Gasteiger partial charge is 0.441 e. The summed E-state index contributed by atoms with van der Waals surface area (Å²) in [5.74, 6) is -0.989. The second-order valence-electron chi connectivity index (χ2n) is 6.72. The van der Waals surface area contributed by atoms with Gasteiger partial charge in [-0.15, -0.1) is 0 Å². The fraction of sp³-hybridized carbons (Fsp3) is 0.389. The smallest absolute Gasteiger partial charge is 0.418 e. The van der Waals surface area contributed by atoms with Crippen LogP contribution in [0.25, 0.3) is 6.08 Å². The van der Waals surface area contributed by atoms with Crippen molar-refractivity contribution in [3.63, 3.8) is 0 Å². The fourth-order valence-electron chi connectivity index (χ4n) is 1.44. The van der Waals surface area contributed by atoms with Crippen LogP contribution in [0.5, 0.6) is 0 Å². The van der Waals surface area contributed by atoms with Gasteiger partial charge in [0.2, 0.25) is 5.57 Å². The lowest BCUT2D eigenvalue weighted by molar-refractivity contribution is -0.133. The number of allylic oxidation sites excluding steroid dienone is 2. The third kappa shape index (κ3) is 5.56. The number of hydrogen-bond donors (Lipinski definition) is 1. The number of benzene rings is 1. The minimum absolute atomic E-state index is 0.0521. The normalized spacial score (nSPS) is 13.2. The van der Waals surface area contributed by atoms with Crippen molar-refractivity contribution in [2.24, 2.45) is 0 Å². The van der Waals surface area contributed by atoms with Crippen molar-refractivity contribution in [2.75, 3.05) is 6.61 Å². The number of carboxylic acids is 1. The molecule has 0 unspecified atom stereocenters. The molecule has 3 nitrogen and oxygen atoms in total. The quantitative estimate of drug-likeness (QED) is 0.363. The molecule has 0 atom stereocenters. The highest BCUT2D eigenvalue weighted by Gasteiger charge is 2.38. The SMILES string of the molecule is CC(C)(C)[Si](C)(C)OCC(=[C+]/C=C/c1ccccc1)C(=O)O. The molecular weight excluding hydrogens is 292 g/mol. The van der Waals surface area contributed by atoms with Gasteiger partial charge in [-0.2, -0.15) is 4.79 Å². The lowest BCUT2D eigenvalue weighted by atomic mass is 10.2. The van der Waals surface area contributed by atoms with Gasteiger partial charge in [0.1, 0.15) is 12.7 Å². The Morgan fingerprint density at radius 2 is 1.86 bits per heavy atom. The van der Waals surface area contributed by atoms with E-state index in [0.717, 1.165) is 5.56 Å². The van der Waals surface area contributed by atoms with Gasteiger partial charge in [0, 0.05) is 11.6 Å². The van der Waals surface area contributed by atoms with Crippen LogP contribution in [0.4, 0.5) is 0 Å². The predicted octanol–water partition coefficient (Wildman–Crippen LogP) is 4.54. The molecule has 0 fully saturated rings. The first kappa shape index (κ1) is 18.3. The van der Waals surface area contributed by atoms with Gasteiger partial charge >= 0.3 is 5.97 Å². The molecule has 1 aromatic carbocycles. The Morgan fingerprint density at radius 1 is 1.27 bits per heavy atom. The zero-order valence-electron chi connectivity index (χ0n) is 14.0. The van der Waals surface area contributed by atoms with Crippen molar-refractivity contribution in [2.45, 2.75) is 38.9 Å². The average Bonchev–Trinajstić information content (AvgIpc) is 2.42. The highest BCUT2D eigenvalue weighted by molar-refractivity contribution is 6.74. The second-order valence-corrected chi connectivity index (χ2v) is 11.5. The summed E-state index contributed by atoms with van der Waals surface area (Å²) in [7, 11) is -1.96. The molecule has 0 aromatic heterocycles. The van der Waals surface area contributed by atoms with Crippen LogP contribution in [0.2, 0.25) is 18.1 Å². The summed E-state index contributed by atoms with van der Waals surface area (Å²) in [4.78, 5) is 11.3. The molecule has 1 rings (SSSR count). The average molecular weight is 317 g/mol. The van der Waals surface area contributed by atoms with Crippen LogP contribution in [0.3, 0.4) is 0 Å². The summed E-state index contributed by atoms with van der Waals surface area (Å²) in [6.45, 7) is 10.7. The van der Waals surface area contributed by atoms with Gasteiger partial charge in [-0.05, 0) is 30.3 Å². The van der Waals surface area contributed by atoms with Crippen LogP contribution in [0, 0.1) is 6.08 Å². The Hall–Kier alpha value is -1.74. The summed E-state index contributed by atoms with van der Waals surface area (Å²) in [6.07, 6.45) is 6.29. The van der Waals surface area contributed by atoms with E-state index in [2.05, 4.69) is 39.9 Å². The van der Waals surface area contributed by atoms with Crippen LogP contribution in [-0.2, 0) is 9.22 Å². The molecule has 0 saturated carbocycles. The van der Waals surface area contributed by atoms with E-state index in [0.29, 0.717) is 0 Å². The van der Waals surface area contributed by atoms with Gasteiger partial charge in [-0.25, -0.2) is 0 Å². The van der Waals surface area contributed by atoms with E-state index in [-0.39, 0.29) is 17.2 Å². The minimum Gasteiger partial charge on any atom is -0.418 e. The lowest BCUT2D eigenvalue weighted by Crippen LogP contribution is -2.41. The molecule has 0 saturated heterocycles. The molecule has 0 radical (unpaired) electrons. The minimum atomic E-state index is -1.96. The van der Waals surface area contributed by atoms with Crippen LogP contribution >= 0.6 is 0 Å². The first-order chi connectivity index (χ1) is 10.1. The fourth-order valence-corrected chi connectivity index (χ4v) is 2.38. The first-order valence-corrected chi connectivity index (χ1v) is 10.3. The number of carboxylic acid groups (broad SMARTS) is 1. The molecule has 0 aliphatic rings. The molecule has 22 heavy (non-hydrogen) atoms. The lowest BCUT2D eigenvalue weighted by Gasteiger charge is -2.35. The van der Waals surface area contributed by atoms with E-state index >= 15 is 0 Å². The van der Waals surface area contributed by atoms with E-state index in [1.165, 1.54) is 0 Å². The van der Waals surface area contributed by atoms with Crippen LogP contribution in [-0.4, -0.2) is 26.0 Å². The monoisotopic (exact) mass is 317 g/mol. The zero-order valence-corrected chi connectivity index (χ0v) is 15.0. The molecule has 4 heteroatoms. The molecule has 1 N–H and O–H groups in total. The van der Waals surface area contributed by atoms with Crippen molar-refractivity contribution in [3.8, 4) is 0 Å². The van der Waals surface area contributed by atoms with Gasteiger partial charge in [0.15, 0.2) is 8.32 Å². The molecule has 0 aliphatic carbocycles. The summed E-state index contributed by atoms with van der Waals surface area (Å²) in [5.41, 5.74) is 1.15. The van der Waals surface area contributed by atoms with Gasteiger partial charge in [0.25, 0.3) is 0 Å². The second kappa shape index (κ2) is 7.50. The summed E-state index contributed by atoms with van der Waals surface area (Å²) in [5, 5.41) is 9.32. The number of carbonyl (C=O) groups is 1. The van der Waals surface area contributed by atoms with Crippen LogP contribution in [0.1, 0.15) is 26.3 Å². The van der Waals surface area contributed by atoms with Crippen molar-refractivity contribution < 1.29 is 14.3 Å². The Kier molecular flexibility index (Phi) is 6.24. The van der Waals surface area contributed by atoms with Crippen molar-refractivity contribution >= 4 is 20.4 Å². The van der Waals surface area contributed by atoms with Crippen LogP contribution in [0.15, 0.2) is 42.0 Å². The Bertz CT molecular complexity index is 551. The van der Waals surface area contributed by atoms with Gasteiger partial charge in [-0.3, -0.25) is 0 Å². The topological polar surface area (TPSA) is 46.5 Å². The predicted molar refractivity (Wildman–Crippen MR) is 93.0 cm³/mol. The molecule has 0 aliphatic heterocycles. The third-order valence-corrected chi connectivity index (χ3v) is 8.45. The van der Waals surface area contributed by atoms with Crippen molar-refractivity contribution in [3.05, 3.63) is 53.6 Å². The van der Waals surface area contributed by atoms with Gasteiger partial charge in [-0.1, -0.05) is 39.0 Å². The van der Waals surface area contributed by atoms with Gasteiger partial charge < -0.3 is 9.53 Å². The maximum Gasteiger partial charge on any atom is 0.441 e. The molecule has 118 valence electrons. The Balaban J connectivity index is 2.76.